The van der Waals surface area contributed by atoms with E-state index in [4.69, 9.17) is 22.1 Å². The zero-order chi connectivity index (χ0) is 30.5. The lowest BCUT2D eigenvalue weighted by Gasteiger charge is -2.56. The van der Waals surface area contributed by atoms with Gasteiger partial charge in [0.05, 0.1) is 23.4 Å². The highest BCUT2D eigenvalue weighted by Crippen LogP contribution is 2.55. The normalized spacial score (nSPS) is 32.7. The number of carbonyl (C=O) groups excluding carboxylic acids is 7. The summed E-state index contributed by atoms with van der Waals surface area (Å²) in [6, 6.07) is 2.87. The number of nitrogens with two attached hydrogens (primary N) is 1. The molecule has 0 heterocycles. The first kappa shape index (κ1) is 30.5. The average Bonchev–Trinajstić information content (AvgIpc) is 2.88. The van der Waals surface area contributed by atoms with Gasteiger partial charge in [0.2, 0.25) is 11.1 Å². The molecule has 4 N–H and O–H groups in total. The predicted molar refractivity (Wildman–Crippen MR) is 141 cm³/mol. The van der Waals surface area contributed by atoms with E-state index in [-0.39, 0.29) is 31.2 Å². The number of phenolic OH excluding ortho intramolecular Hbond substituents is 1. The highest BCUT2D eigenvalue weighted by molar-refractivity contribution is 6.63. The molecule has 2 unspecified atom stereocenters. The Morgan fingerprint density at radius 3 is 2.29 bits per heavy atom. The molecule has 2 fully saturated rings. The molecule has 0 aromatic heterocycles. The number of amides is 1. The van der Waals surface area contributed by atoms with Gasteiger partial charge in [-0.3, -0.25) is 38.5 Å². The van der Waals surface area contributed by atoms with Crippen LogP contribution in [0, 0.1) is 23.7 Å². The van der Waals surface area contributed by atoms with Crippen molar-refractivity contribution < 1.29 is 48.5 Å². The van der Waals surface area contributed by atoms with Gasteiger partial charge in [0.25, 0.3) is 0 Å². The average molecular weight is 591 g/mol. The van der Waals surface area contributed by atoms with Crippen molar-refractivity contribution in [2.45, 2.75) is 56.3 Å². The van der Waals surface area contributed by atoms with E-state index in [1.165, 1.54) is 31.1 Å². The number of hydrogen-bond acceptors (Lipinski definition) is 11. The number of Topliss-reactive ketones (excluding diaryl/α,β-unsaturated/α-hetero) is 4. The van der Waals surface area contributed by atoms with Crippen molar-refractivity contribution >= 4 is 51.9 Å². The topological polar surface area (TPSA) is 198 Å². The highest BCUT2D eigenvalue weighted by atomic mass is 35.5. The van der Waals surface area contributed by atoms with E-state index < -0.39 is 93.3 Å². The number of ether oxygens (including phenoxy) is 1. The molecule has 1 amide bonds. The first-order valence-corrected chi connectivity index (χ1v) is 13.6. The van der Waals surface area contributed by atoms with Crippen molar-refractivity contribution in [1.29, 1.82) is 0 Å². The van der Waals surface area contributed by atoms with E-state index in [0.29, 0.717) is 5.56 Å². The molecule has 3 aliphatic rings. The molecule has 0 bridgehead atoms. The van der Waals surface area contributed by atoms with Crippen molar-refractivity contribution in [3.8, 4) is 5.75 Å². The third kappa shape index (κ3) is 4.77. The molecular weight excluding hydrogens is 560 g/mol. The summed E-state index contributed by atoms with van der Waals surface area (Å²) in [6.45, 7) is 1.65. The summed E-state index contributed by atoms with van der Waals surface area (Å²) >= 11 is 5.35. The number of halogens is 1. The summed E-state index contributed by atoms with van der Waals surface area (Å²) < 4.78 is 5.86. The number of nitrogens with zero attached hydrogens (tertiary/aromatic N) is 1. The Balaban J connectivity index is 1.89. The highest BCUT2D eigenvalue weighted by Gasteiger charge is 2.74. The lowest BCUT2D eigenvalue weighted by molar-refractivity contribution is -0.205. The van der Waals surface area contributed by atoms with Crippen LogP contribution in [0.15, 0.2) is 18.2 Å². The number of primary amides is 1. The van der Waals surface area contributed by atoms with Crippen LogP contribution in [0.1, 0.15) is 54.4 Å². The number of rotatable bonds is 8. The van der Waals surface area contributed by atoms with Crippen LogP contribution in [0.25, 0.3) is 0 Å². The van der Waals surface area contributed by atoms with Gasteiger partial charge in [-0.05, 0) is 56.1 Å². The number of phenols is 1. The minimum atomic E-state index is -3.09. The Bertz CT molecular complexity index is 1360. The SMILES string of the molecule is C[C@@H]1c2cccc(O)c2C(=O)C2C(=O)[C@@]3(O)C(=O)C(C(N)=O)C(=O)[C@H](N(C)C)[C@H]3[C@H](OC(=O)CCCCC(=O)Cl)[C@H]21. The van der Waals surface area contributed by atoms with Gasteiger partial charge in [0.15, 0.2) is 34.7 Å². The van der Waals surface area contributed by atoms with Gasteiger partial charge in [0.1, 0.15) is 11.9 Å². The standard InChI is InChI=1S/C28H31ClN2O10/c1-11-12-7-6-8-13(32)17(12)22(35)18-16(11)24(41-15(34)10-5-4-9-14(29)33)20-21(31(2)3)23(36)19(27(30)39)26(38)28(20,40)25(18)37/h6-8,11,16,18-21,24,32,40H,4-5,9-10H2,1-3H3,(H2,30,39)/t11-,16+,18?,19?,20+,21-,24-,28-/m1/s1. The molecule has 8 atom stereocenters. The summed E-state index contributed by atoms with van der Waals surface area (Å²) in [7, 11) is 2.86. The van der Waals surface area contributed by atoms with Crippen molar-refractivity contribution in [1.82, 2.24) is 4.90 Å². The number of benzene rings is 1. The van der Waals surface area contributed by atoms with E-state index >= 15 is 0 Å². The van der Waals surface area contributed by atoms with Gasteiger partial charge in [-0.2, -0.15) is 0 Å². The number of aliphatic hydroxyl groups is 1. The summed E-state index contributed by atoms with van der Waals surface area (Å²) in [6.07, 6.45) is -1.22. The van der Waals surface area contributed by atoms with Crippen LogP contribution in [-0.4, -0.2) is 87.2 Å². The van der Waals surface area contributed by atoms with Crippen LogP contribution in [0.2, 0.25) is 0 Å². The van der Waals surface area contributed by atoms with E-state index in [0.717, 1.165) is 0 Å². The van der Waals surface area contributed by atoms with Crippen LogP contribution < -0.4 is 5.73 Å². The minimum Gasteiger partial charge on any atom is -0.507 e. The van der Waals surface area contributed by atoms with Crippen LogP contribution in [0.5, 0.6) is 5.75 Å². The molecule has 220 valence electrons. The number of aromatic hydroxyl groups is 1. The summed E-state index contributed by atoms with van der Waals surface area (Å²) in [5.74, 6) is -14.6. The molecule has 4 rings (SSSR count). The maximum absolute atomic E-state index is 14.1. The molecule has 13 heteroatoms. The fraction of sp³-hybridized carbons (Fsp3) is 0.536. The Labute approximate surface area is 240 Å². The minimum absolute atomic E-state index is 0.0197. The fourth-order valence-corrected chi connectivity index (χ4v) is 6.94. The molecule has 0 aliphatic heterocycles. The number of likely N-dealkylation sites (N-methyl/N-ethyl adjacent to an activating group) is 1. The summed E-state index contributed by atoms with van der Waals surface area (Å²) in [4.78, 5) is 92.8. The maximum Gasteiger partial charge on any atom is 0.306 e. The van der Waals surface area contributed by atoms with Crippen molar-refractivity contribution in [3.05, 3.63) is 29.3 Å². The van der Waals surface area contributed by atoms with Crippen LogP contribution in [0.3, 0.4) is 0 Å². The Kier molecular flexibility index (Phi) is 8.23. The molecule has 0 radical (unpaired) electrons. The Morgan fingerprint density at radius 1 is 1.07 bits per heavy atom. The van der Waals surface area contributed by atoms with Crippen LogP contribution in [0.4, 0.5) is 0 Å². The zero-order valence-electron chi connectivity index (χ0n) is 22.7. The molecule has 1 aromatic carbocycles. The Hall–Kier alpha value is -3.48. The monoisotopic (exact) mass is 590 g/mol. The molecular formula is C28H31ClN2O10. The largest absolute Gasteiger partial charge is 0.507 e. The van der Waals surface area contributed by atoms with Crippen LogP contribution >= 0.6 is 11.6 Å². The molecule has 41 heavy (non-hydrogen) atoms. The fourth-order valence-electron chi connectivity index (χ4n) is 6.81. The number of unbranched alkanes of at least 4 members (excludes halogenated alkanes) is 1. The smallest absolute Gasteiger partial charge is 0.306 e. The van der Waals surface area contributed by atoms with E-state index in [1.807, 2.05) is 0 Å². The number of hydrogen-bond donors (Lipinski definition) is 3. The molecule has 0 saturated heterocycles. The molecule has 1 aromatic rings. The lowest BCUT2D eigenvalue weighted by Crippen LogP contribution is -2.78. The second kappa shape index (κ2) is 11.1. The van der Waals surface area contributed by atoms with Gasteiger partial charge in [-0.25, -0.2) is 0 Å². The second-order valence-electron chi connectivity index (χ2n) is 11.1. The van der Waals surface area contributed by atoms with Gasteiger partial charge >= 0.3 is 5.97 Å². The van der Waals surface area contributed by atoms with E-state index in [9.17, 15) is 43.8 Å². The van der Waals surface area contributed by atoms with Gasteiger partial charge in [0, 0.05) is 18.8 Å². The Morgan fingerprint density at radius 2 is 1.71 bits per heavy atom. The molecule has 3 aliphatic carbocycles. The van der Waals surface area contributed by atoms with Gasteiger partial charge < -0.3 is 20.7 Å². The van der Waals surface area contributed by atoms with Crippen molar-refractivity contribution in [2.75, 3.05) is 14.1 Å². The first-order valence-electron chi connectivity index (χ1n) is 13.2. The van der Waals surface area contributed by atoms with E-state index in [2.05, 4.69) is 0 Å². The second-order valence-corrected chi connectivity index (χ2v) is 11.6. The summed E-state index contributed by atoms with van der Waals surface area (Å²) in [5.41, 5.74) is 2.48. The molecule has 0 spiro atoms. The third-order valence-electron chi connectivity index (χ3n) is 8.60. The first-order chi connectivity index (χ1) is 19.2. The molecule has 2 saturated carbocycles. The van der Waals surface area contributed by atoms with Crippen molar-refractivity contribution in [2.24, 2.45) is 29.4 Å². The van der Waals surface area contributed by atoms with E-state index in [1.54, 1.807) is 13.0 Å². The van der Waals surface area contributed by atoms with Crippen molar-refractivity contribution in [3.63, 3.8) is 0 Å². The summed E-state index contributed by atoms with van der Waals surface area (Å²) in [5, 5.41) is 21.9. The van der Waals surface area contributed by atoms with Gasteiger partial charge in [-0.1, -0.05) is 19.1 Å². The lowest BCUT2D eigenvalue weighted by atomic mass is 9.49. The number of ketones is 4. The third-order valence-corrected chi connectivity index (χ3v) is 8.79. The number of esters is 1. The predicted octanol–water partition coefficient (Wildman–Crippen LogP) is 0.276. The quantitative estimate of drug-likeness (QED) is 0.162. The zero-order valence-corrected chi connectivity index (χ0v) is 23.4. The molecule has 12 nitrogen and oxygen atoms in total. The maximum atomic E-state index is 14.1. The number of fused-ring (bicyclic) bond motifs is 3. The number of carbonyl (C=O) groups is 7. The van der Waals surface area contributed by atoms with Crippen LogP contribution in [-0.2, 0) is 33.5 Å². The van der Waals surface area contributed by atoms with Gasteiger partial charge in [-0.15, -0.1) is 0 Å².